The number of hydrogen-bond donors (Lipinski definition) is 1. The van der Waals surface area contributed by atoms with E-state index in [0.717, 1.165) is 37.1 Å². The molecule has 0 heterocycles. The number of esters is 1. The lowest BCUT2D eigenvalue weighted by Crippen LogP contribution is -2.48. The number of benzene rings is 1. The Hall–Kier alpha value is -1.71. The lowest BCUT2D eigenvalue weighted by Gasteiger charge is -2.36. The van der Waals surface area contributed by atoms with Crippen molar-refractivity contribution >= 4 is 11.7 Å². The molecule has 0 unspecified atom stereocenters. The fourth-order valence-corrected chi connectivity index (χ4v) is 2.74. The minimum absolute atomic E-state index is 0.182. The molecule has 1 saturated carbocycles. The molecule has 4 heteroatoms. The molecule has 0 radical (unpaired) electrons. The molecule has 2 rings (SSSR count). The fraction of sp³-hybridized carbons (Fsp3) is 0.533. The first kappa shape index (κ1) is 13.7. The summed E-state index contributed by atoms with van der Waals surface area (Å²) < 4.78 is 10.3. The Bertz CT molecular complexity index is 439. The van der Waals surface area contributed by atoms with E-state index < -0.39 is 5.54 Å². The van der Waals surface area contributed by atoms with Gasteiger partial charge in [-0.15, -0.1) is 0 Å². The third kappa shape index (κ3) is 2.83. The van der Waals surface area contributed by atoms with Crippen molar-refractivity contribution in [1.29, 1.82) is 0 Å². The second-order valence-corrected chi connectivity index (χ2v) is 4.96. The second kappa shape index (κ2) is 5.95. The Morgan fingerprint density at radius 3 is 2.47 bits per heavy atom. The van der Waals surface area contributed by atoms with E-state index >= 15 is 0 Å². The number of ether oxygens (including phenoxy) is 2. The van der Waals surface area contributed by atoms with Crippen LogP contribution in [0.15, 0.2) is 24.3 Å². The Morgan fingerprint density at radius 1 is 1.16 bits per heavy atom. The molecule has 1 aliphatic carbocycles. The molecule has 0 aliphatic heterocycles. The minimum Gasteiger partial charge on any atom is -0.495 e. The van der Waals surface area contributed by atoms with Gasteiger partial charge >= 0.3 is 5.97 Å². The Labute approximate surface area is 114 Å². The summed E-state index contributed by atoms with van der Waals surface area (Å²) >= 11 is 0. The van der Waals surface area contributed by atoms with Gasteiger partial charge in [0.15, 0.2) is 0 Å². The van der Waals surface area contributed by atoms with Crippen molar-refractivity contribution in [3.05, 3.63) is 24.3 Å². The molecule has 0 amide bonds. The zero-order chi connectivity index (χ0) is 13.7. The van der Waals surface area contributed by atoms with Crippen molar-refractivity contribution in [2.45, 2.75) is 37.6 Å². The van der Waals surface area contributed by atoms with Gasteiger partial charge in [0, 0.05) is 0 Å². The van der Waals surface area contributed by atoms with E-state index in [2.05, 4.69) is 5.32 Å². The van der Waals surface area contributed by atoms with E-state index in [4.69, 9.17) is 9.47 Å². The van der Waals surface area contributed by atoms with Crippen LogP contribution in [0.4, 0.5) is 5.69 Å². The quantitative estimate of drug-likeness (QED) is 0.848. The zero-order valence-electron chi connectivity index (χ0n) is 11.6. The number of carbonyl (C=O) groups excluding carboxylic acids is 1. The minimum atomic E-state index is -0.609. The molecule has 19 heavy (non-hydrogen) atoms. The fourth-order valence-electron chi connectivity index (χ4n) is 2.74. The largest absolute Gasteiger partial charge is 0.495 e. The first-order chi connectivity index (χ1) is 9.22. The summed E-state index contributed by atoms with van der Waals surface area (Å²) in [5.41, 5.74) is 0.235. The number of hydrogen-bond acceptors (Lipinski definition) is 4. The first-order valence-electron chi connectivity index (χ1n) is 6.71. The average Bonchev–Trinajstić information content (AvgIpc) is 2.48. The maximum Gasteiger partial charge on any atom is 0.331 e. The summed E-state index contributed by atoms with van der Waals surface area (Å²) in [6, 6.07) is 7.66. The Kier molecular flexibility index (Phi) is 4.30. The SMILES string of the molecule is COC(=O)C1(Nc2ccccc2OC)CCCCC1. The standard InChI is InChI=1S/C15H21NO3/c1-18-13-9-5-4-8-12(13)16-15(14(17)19-2)10-6-3-7-11-15/h4-5,8-9,16H,3,6-7,10-11H2,1-2H3. The smallest absolute Gasteiger partial charge is 0.331 e. The molecule has 1 N–H and O–H groups in total. The Balaban J connectivity index is 2.27. The molecule has 0 aromatic heterocycles. The molecule has 0 bridgehead atoms. The molecule has 1 fully saturated rings. The predicted octanol–water partition coefficient (Wildman–Crippen LogP) is 2.98. The van der Waals surface area contributed by atoms with Crippen LogP contribution >= 0.6 is 0 Å². The van der Waals surface area contributed by atoms with E-state index in [1.165, 1.54) is 13.5 Å². The highest BCUT2D eigenvalue weighted by molar-refractivity contribution is 5.85. The third-order valence-electron chi connectivity index (χ3n) is 3.76. The van der Waals surface area contributed by atoms with Crippen molar-refractivity contribution in [3.63, 3.8) is 0 Å². The van der Waals surface area contributed by atoms with Gasteiger partial charge in [-0.05, 0) is 25.0 Å². The highest BCUT2D eigenvalue weighted by Crippen LogP contribution is 2.35. The number of para-hydroxylation sites is 2. The Morgan fingerprint density at radius 2 is 1.84 bits per heavy atom. The number of rotatable bonds is 4. The van der Waals surface area contributed by atoms with Crippen LogP contribution in [0.3, 0.4) is 0 Å². The second-order valence-electron chi connectivity index (χ2n) is 4.96. The van der Waals surface area contributed by atoms with Gasteiger partial charge < -0.3 is 14.8 Å². The van der Waals surface area contributed by atoms with Gasteiger partial charge in [-0.3, -0.25) is 0 Å². The van der Waals surface area contributed by atoms with Crippen LogP contribution in [0.2, 0.25) is 0 Å². The number of anilines is 1. The summed E-state index contributed by atoms with van der Waals surface area (Å²) in [6.45, 7) is 0. The van der Waals surface area contributed by atoms with E-state index in [1.807, 2.05) is 24.3 Å². The maximum atomic E-state index is 12.2. The molecule has 0 atom stereocenters. The van der Waals surface area contributed by atoms with Crippen molar-refractivity contribution in [3.8, 4) is 5.75 Å². The molecular formula is C15H21NO3. The lowest BCUT2D eigenvalue weighted by atomic mass is 9.81. The topological polar surface area (TPSA) is 47.6 Å². The van der Waals surface area contributed by atoms with Crippen molar-refractivity contribution < 1.29 is 14.3 Å². The molecule has 1 aromatic carbocycles. The van der Waals surface area contributed by atoms with Crippen LogP contribution in [0.1, 0.15) is 32.1 Å². The number of nitrogens with one attached hydrogen (secondary N) is 1. The summed E-state index contributed by atoms with van der Waals surface area (Å²) in [6.07, 6.45) is 4.86. The maximum absolute atomic E-state index is 12.2. The van der Waals surface area contributed by atoms with E-state index in [-0.39, 0.29) is 5.97 Å². The normalized spacial score (nSPS) is 17.6. The van der Waals surface area contributed by atoms with Crippen LogP contribution in [0, 0.1) is 0 Å². The van der Waals surface area contributed by atoms with Crippen LogP contribution in [0.5, 0.6) is 5.75 Å². The van der Waals surface area contributed by atoms with Gasteiger partial charge in [-0.2, -0.15) is 0 Å². The van der Waals surface area contributed by atoms with E-state index in [9.17, 15) is 4.79 Å². The predicted molar refractivity (Wildman–Crippen MR) is 74.4 cm³/mol. The van der Waals surface area contributed by atoms with Crippen LogP contribution in [-0.2, 0) is 9.53 Å². The summed E-state index contributed by atoms with van der Waals surface area (Å²) in [4.78, 5) is 12.2. The molecule has 4 nitrogen and oxygen atoms in total. The van der Waals surface area contributed by atoms with Gasteiger partial charge in [0.05, 0.1) is 19.9 Å². The van der Waals surface area contributed by atoms with Gasteiger partial charge in [-0.25, -0.2) is 4.79 Å². The summed E-state index contributed by atoms with van der Waals surface area (Å²) in [5, 5.41) is 3.37. The van der Waals surface area contributed by atoms with Crippen molar-refractivity contribution in [1.82, 2.24) is 0 Å². The first-order valence-corrected chi connectivity index (χ1v) is 6.71. The molecule has 1 aliphatic rings. The molecule has 0 saturated heterocycles. The monoisotopic (exact) mass is 263 g/mol. The third-order valence-corrected chi connectivity index (χ3v) is 3.76. The summed E-state index contributed by atoms with van der Waals surface area (Å²) in [5.74, 6) is 0.564. The summed E-state index contributed by atoms with van der Waals surface area (Å²) in [7, 11) is 3.08. The van der Waals surface area contributed by atoms with E-state index in [1.54, 1.807) is 7.11 Å². The van der Waals surface area contributed by atoms with Gasteiger partial charge in [0.25, 0.3) is 0 Å². The van der Waals surface area contributed by atoms with Crippen molar-refractivity contribution in [2.75, 3.05) is 19.5 Å². The molecule has 1 aromatic rings. The van der Waals surface area contributed by atoms with Gasteiger partial charge in [0.2, 0.25) is 0 Å². The molecule has 104 valence electrons. The lowest BCUT2D eigenvalue weighted by molar-refractivity contribution is -0.147. The zero-order valence-corrected chi connectivity index (χ0v) is 11.6. The molecule has 0 spiro atoms. The van der Waals surface area contributed by atoms with Crippen LogP contribution in [-0.4, -0.2) is 25.7 Å². The van der Waals surface area contributed by atoms with Crippen LogP contribution in [0.25, 0.3) is 0 Å². The van der Waals surface area contributed by atoms with Gasteiger partial charge in [-0.1, -0.05) is 31.4 Å². The van der Waals surface area contributed by atoms with Gasteiger partial charge in [0.1, 0.15) is 11.3 Å². The number of methoxy groups -OCH3 is 2. The highest BCUT2D eigenvalue weighted by atomic mass is 16.5. The van der Waals surface area contributed by atoms with E-state index in [0.29, 0.717) is 0 Å². The highest BCUT2D eigenvalue weighted by Gasteiger charge is 2.41. The number of carbonyl (C=O) groups is 1. The average molecular weight is 263 g/mol. The van der Waals surface area contributed by atoms with Crippen molar-refractivity contribution in [2.24, 2.45) is 0 Å². The molecular weight excluding hydrogens is 242 g/mol. The van der Waals surface area contributed by atoms with Crippen LogP contribution < -0.4 is 10.1 Å².